The van der Waals surface area contributed by atoms with E-state index in [9.17, 15) is 9.59 Å². The van der Waals surface area contributed by atoms with Crippen molar-refractivity contribution in [1.82, 2.24) is 25.6 Å². The largest absolute Gasteiger partial charge is 0.350 e. The molecular weight excluding hydrogens is 286 g/mol. The van der Waals surface area contributed by atoms with Gasteiger partial charge in [-0.1, -0.05) is 5.21 Å². The zero-order chi connectivity index (χ0) is 15.6. The van der Waals surface area contributed by atoms with Gasteiger partial charge in [0, 0.05) is 32.4 Å². The third kappa shape index (κ3) is 2.67. The van der Waals surface area contributed by atoms with Crippen molar-refractivity contribution >= 4 is 11.8 Å². The topological polar surface area (TPSA) is 114 Å². The lowest BCUT2D eigenvalue weighted by Gasteiger charge is -2.14. The number of aromatic nitrogens is 3. The van der Waals surface area contributed by atoms with Crippen molar-refractivity contribution in [1.29, 1.82) is 0 Å². The number of carbonyl (C=O) groups excluding carboxylic acids is 2. The van der Waals surface area contributed by atoms with Gasteiger partial charge in [-0.3, -0.25) is 9.59 Å². The minimum Gasteiger partial charge on any atom is -0.350 e. The molecule has 0 aliphatic carbocycles. The zero-order valence-corrected chi connectivity index (χ0v) is 11.9. The smallest absolute Gasteiger partial charge is 0.274 e. The Labute approximate surface area is 126 Å². The minimum atomic E-state index is -0.442. The van der Waals surface area contributed by atoms with Crippen LogP contribution in [0.5, 0.6) is 0 Å². The predicted molar refractivity (Wildman–Crippen MR) is 75.0 cm³/mol. The molecule has 1 aromatic rings. The number of hydrogen-bond donors (Lipinski definition) is 2. The van der Waals surface area contributed by atoms with E-state index in [1.807, 2.05) is 0 Å². The highest BCUT2D eigenvalue weighted by Gasteiger charge is 2.38. The summed E-state index contributed by atoms with van der Waals surface area (Å²) in [4.78, 5) is 23.9. The average Bonchev–Trinajstić information content (AvgIpc) is 3.13. The molecule has 2 aliphatic rings. The molecule has 2 aliphatic heterocycles. The van der Waals surface area contributed by atoms with Gasteiger partial charge in [-0.25, -0.2) is 4.68 Å². The molecule has 2 N–H and O–H groups in total. The second-order valence-electron chi connectivity index (χ2n) is 5.16. The summed E-state index contributed by atoms with van der Waals surface area (Å²) in [5, 5.41) is 21.0. The number of fused-ring (bicyclic) bond motifs is 1. The Morgan fingerprint density at radius 2 is 2.27 bits per heavy atom. The summed E-state index contributed by atoms with van der Waals surface area (Å²) in [5.74, 6) is 1.79. The molecule has 0 radical (unpaired) electrons. The Kier molecular flexibility index (Phi) is 3.58. The van der Waals surface area contributed by atoms with Crippen LogP contribution in [0.1, 0.15) is 40.2 Å². The first-order valence-corrected chi connectivity index (χ1v) is 7.03. The number of terminal acetylenes is 1. The molecule has 114 valence electrons. The van der Waals surface area contributed by atoms with Gasteiger partial charge in [-0.15, -0.1) is 17.4 Å². The highest BCUT2D eigenvalue weighted by molar-refractivity contribution is 6.05. The summed E-state index contributed by atoms with van der Waals surface area (Å²) in [6.07, 6.45) is 7.08. The first-order valence-electron chi connectivity index (χ1n) is 7.03. The molecule has 3 rings (SSSR count). The molecule has 3 heterocycles. The van der Waals surface area contributed by atoms with E-state index < -0.39 is 11.6 Å². The van der Waals surface area contributed by atoms with E-state index in [1.54, 1.807) is 0 Å². The average molecular weight is 301 g/mol. The molecule has 1 aromatic heterocycles. The number of rotatable bonds is 6. The van der Waals surface area contributed by atoms with Crippen molar-refractivity contribution in [2.75, 3.05) is 13.1 Å². The molecule has 0 spiro atoms. The third-order valence-electron chi connectivity index (χ3n) is 3.64. The van der Waals surface area contributed by atoms with Crippen molar-refractivity contribution in [3.05, 3.63) is 11.4 Å². The molecule has 2 amide bonds. The van der Waals surface area contributed by atoms with Gasteiger partial charge < -0.3 is 10.6 Å². The van der Waals surface area contributed by atoms with Gasteiger partial charge in [0.15, 0.2) is 17.1 Å². The third-order valence-corrected chi connectivity index (χ3v) is 3.64. The fourth-order valence-electron chi connectivity index (χ4n) is 2.33. The summed E-state index contributed by atoms with van der Waals surface area (Å²) < 4.78 is 1.44. The van der Waals surface area contributed by atoms with Crippen LogP contribution in [-0.4, -0.2) is 45.6 Å². The van der Waals surface area contributed by atoms with Crippen LogP contribution < -0.4 is 10.6 Å². The van der Waals surface area contributed by atoms with E-state index in [-0.39, 0.29) is 17.3 Å². The normalized spacial score (nSPS) is 17.3. The molecular formula is C13H15N7O2. The quantitative estimate of drug-likeness (QED) is 0.703. The second kappa shape index (κ2) is 5.55. The Bertz CT molecular complexity index is 679. The van der Waals surface area contributed by atoms with Gasteiger partial charge in [0.05, 0.1) is 6.54 Å². The van der Waals surface area contributed by atoms with Gasteiger partial charge in [0.25, 0.3) is 11.8 Å². The van der Waals surface area contributed by atoms with Crippen LogP contribution in [0, 0.1) is 12.3 Å². The fraction of sp³-hybridized carbons (Fsp3) is 0.538. The molecule has 22 heavy (non-hydrogen) atoms. The molecule has 0 atom stereocenters. The number of carbonyl (C=O) groups is 2. The summed E-state index contributed by atoms with van der Waals surface area (Å²) in [6, 6.07) is 0. The van der Waals surface area contributed by atoms with Crippen LogP contribution in [0.4, 0.5) is 0 Å². The SMILES string of the molecule is C#CCCC1(CCNC(=O)c2nnn3c2C(=O)NCC3)N=N1. The monoisotopic (exact) mass is 301 g/mol. The van der Waals surface area contributed by atoms with Crippen LogP contribution in [0.3, 0.4) is 0 Å². The van der Waals surface area contributed by atoms with Crippen molar-refractivity contribution in [3.63, 3.8) is 0 Å². The summed E-state index contributed by atoms with van der Waals surface area (Å²) in [5.41, 5.74) is -0.200. The Balaban J connectivity index is 1.56. The molecule has 9 heteroatoms. The Morgan fingerprint density at radius 3 is 3.00 bits per heavy atom. The summed E-state index contributed by atoms with van der Waals surface area (Å²) >= 11 is 0. The van der Waals surface area contributed by atoms with Gasteiger partial charge >= 0.3 is 0 Å². The number of hydrogen-bond acceptors (Lipinski definition) is 6. The van der Waals surface area contributed by atoms with Gasteiger partial charge in [-0.2, -0.15) is 10.2 Å². The standard InChI is InChI=1S/C13H15N7O2/c1-2-3-4-13(17-18-13)5-6-14-11(21)9-10-12(22)15-7-8-20(10)19-16-9/h1H,3-8H2,(H,14,21)(H,15,22). The van der Waals surface area contributed by atoms with E-state index in [1.165, 1.54) is 4.68 Å². The van der Waals surface area contributed by atoms with Crippen LogP contribution >= 0.6 is 0 Å². The minimum absolute atomic E-state index is 0.0412. The van der Waals surface area contributed by atoms with Crippen molar-refractivity contribution in [2.24, 2.45) is 10.2 Å². The number of amides is 2. The molecule has 0 aromatic carbocycles. The van der Waals surface area contributed by atoms with Gasteiger partial charge in [0.1, 0.15) is 0 Å². The molecule has 0 unspecified atom stereocenters. The van der Waals surface area contributed by atoms with E-state index in [2.05, 4.69) is 37.1 Å². The summed E-state index contributed by atoms with van der Waals surface area (Å²) in [6.45, 7) is 1.37. The maximum absolute atomic E-state index is 12.1. The van der Waals surface area contributed by atoms with Crippen molar-refractivity contribution in [2.45, 2.75) is 31.5 Å². The van der Waals surface area contributed by atoms with E-state index in [0.717, 1.165) is 0 Å². The Morgan fingerprint density at radius 1 is 1.45 bits per heavy atom. The predicted octanol–water partition coefficient (Wildman–Crippen LogP) is -0.283. The highest BCUT2D eigenvalue weighted by Crippen LogP contribution is 2.36. The summed E-state index contributed by atoms with van der Waals surface area (Å²) in [7, 11) is 0. The molecule has 0 bridgehead atoms. The van der Waals surface area contributed by atoms with E-state index in [4.69, 9.17) is 6.42 Å². The van der Waals surface area contributed by atoms with Crippen molar-refractivity contribution in [3.8, 4) is 12.3 Å². The first-order chi connectivity index (χ1) is 10.7. The molecule has 9 nitrogen and oxygen atoms in total. The van der Waals surface area contributed by atoms with E-state index >= 15 is 0 Å². The second-order valence-corrected chi connectivity index (χ2v) is 5.16. The number of nitrogens with one attached hydrogen (secondary N) is 2. The van der Waals surface area contributed by atoms with Gasteiger partial charge in [0.2, 0.25) is 0 Å². The van der Waals surface area contributed by atoms with Crippen LogP contribution in [0.2, 0.25) is 0 Å². The molecule has 0 fully saturated rings. The van der Waals surface area contributed by atoms with Gasteiger partial charge in [-0.05, 0) is 0 Å². The Hall–Kier alpha value is -2.76. The highest BCUT2D eigenvalue weighted by atomic mass is 16.2. The van der Waals surface area contributed by atoms with Crippen LogP contribution in [0.15, 0.2) is 10.2 Å². The maximum atomic E-state index is 12.1. The van der Waals surface area contributed by atoms with Crippen molar-refractivity contribution < 1.29 is 9.59 Å². The van der Waals surface area contributed by atoms with E-state index in [0.29, 0.717) is 38.9 Å². The lowest BCUT2D eigenvalue weighted by atomic mass is 10.0. The maximum Gasteiger partial charge on any atom is 0.274 e. The molecule has 0 saturated heterocycles. The zero-order valence-electron chi connectivity index (χ0n) is 11.9. The van der Waals surface area contributed by atoms with Crippen LogP contribution in [0.25, 0.3) is 0 Å². The lowest BCUT2D eigenvalue weighted by Crippen LogP contribution is -2.38. The number of nitrogens with zero attached hydrogens (tertiary/aromatic N) is 5. The molecule has 0 saturated carbocycles. The first kappa shape index (κ1) is 14.2. The fourth-order valence-corrected chi connectivity index (χ4v) is 2.33. The van der Waals surface area contributed by atoms with Crippen LogP contribution in [-0.2, 0) is 6.54 Å². The lowest BCUT2D eigenvalue weighted by molar-refractivity contribution is 0.0897.